The van der Waals surface area contributed by atoms with Gasteiger partial charge in [0.15, 0.2) is 0 Å². The fourth-order valence-electron chi connectivity index (χ4n) is 3.07. The molecule has 2 aliphatic rings. The van der Waals surface area contributed by atoms with Crippen molar-refractivity contribution in [1.29, 1.82) is 0 Å². The predicted octanol–water partition coefficient (Wildman–Crippen LogP) is 2.71. The summed E-state index contributed by atoms with van der Waals surface area (Å²) in [4.78, 5) is 0. The Morgan fingerprint density at radius 1 is 1.07 bits per heavy atom. The van der Waals surface area contributed by atoms with Gasteiger partial charge in [-0.3, -0.25) is 0 Å². The highest BCUT2D eigenvalue weighted by atomic mass is 16.5. The normalized spacial score (nSPS) is 31.4. The third-order valence-electron chi connectivity index (χ3n) is 4.15. The van der Waals surface area contributed by atoms with Crippen molar-refractivity contribution >= 4 is 0 Å². The molecule has 0 aromatic carbocycles. The molecule has 1 aliphatic heterocycles. The quantitative estimate of drug-likeness (QED) is 0.728. The lowest BCUT2D eigenvalue weighted by atomic mass is 9.87. The second kappa shape index (κ2) is 5.86. The first-order valence-electron chi connectivity index (χ1n) is 6.69. The first-order chi connectivity index (χ1) is 7.36. The van der Waals surface area contributed by atoms with Gasteiger partial charge in [-0.15, -0.1) is 0 Å². The SMILES string of the molecule is NC(CC1CCCCCC1)C1CCOC1. The van der Waals surface area contributed by atoms with Crippen LogP contribution in [0, 0.1) is 11.8 Å². The zero-order valence-electron chi connectivity index (χ0n) is 9.79. The van der Waals surface area contributed by atoms with Crippen molar-refractivity contribution < 1.29 is 4.74 Å². The Bertz CT molecular complexity index is 169. The van der Waals surface area contributed by atoms with Gasteiger partial charge in [0.2, 0.25) is 0 Å². The van der Waals surface area contributed by atoms with Crippen LogP contribution in [0.2, 0.25) is 0 Å². The summed E-state index contributed by atoms with van der Waals surface area (Å²) in [5.41, 5.74) is 6.28. The van der Waals surface area contributed by atoms with Gasteiger partial charge in [0.1, 0.15) is 0 Å². The Hall–Kier alpha value is -0.0800. The highest BCUT2D eigenvalue weighted by Crippen LogP contribution is 2.29. The van der Waals surface area contributed by atoms with E-state index in [1.54, 1.807) is 0 Å². The Labute approximate surface area is 93.6 Å². The third kappa shape index (κ3) is 3.46. The minimum absolute atomic E-state index is 0.399. The van der Waals surface area contributed by atoms with E-state index in [0.717, 1.165) is 19.1 Å². The van der Waals surface area contributed by atoms with Crippen LogP contribution in [-0.4, -0.2) is 19.3 Å². The first-order valence-corrected chi connectivity index (χ1v) is 6.69. The van der Waals surface area contributed by atoms with E-state index in [2.05, 4.69) is 0 Å². The van der Waals surface area contributed by atoms with E-state index >= 15 is 0 Å². The Morgan fingerprint density at radius 3 is 2.40 bits per heavy atom. The largest absolute Gasteiger partial charge is 0.381 e. The number of nitrogens with two attached hydrogens (primary N) is 1. The predicted molar refractivity (Wildman–Crippen MR) is 62.7 cm³/mol. The van der Waals surface area contributed by atoms with E-state index in [1.165, 1.54) is 51.4 Å². The second-order valence-corrected chi connectivity index (χ2v) is 5.38. The molecule has 2 rings (SSSR count). The number of hydrogen-bond acceptors (Lipinski definition) is 2. The van der Waals surface area contributed by atoms with E-state index in [0.29, 0.717) is 12.0 Å². The Kier molecular flexibility index (Phi) is 4.45. The maximum atomic E-state index is 6.28. The van der Waals surface area contributed by atoms with Gasteiger partial charge >= 0.3 is 0 Å². The lowest BCUT2D eigenvalue weighted by molar-refractivity contribution is 0.176. The van der Waals surface area contributed by atoms with Crippen molar-refractivity contribution in [3.05, 3.63) is 0 Å². The molecule has 0 bridgehead atoms. The van der Waals surface area contributed by atoms with E-state index in [4.69, 9.17) is 10.5 Å². The lowest BCUT2D eigenvalue weighted by Crippen LogP contribution is -2.32. The van der Waals surface area contributed by atoms with Crippen molar-refractivity contribution in [1.82, 2.24) is 0 Å². The minimum Gasteiger partial charge on any atom is -0.381 e. The van der Waals surface area contributed by atoms with Gasteiger partial charge < -0.3 is 10.5 Å². The molecule has 1 saturated carbocycles. The van der Waals surface area contributed by atoms with Gasteiger partial charge in [0.05, 0.1) is 6.61 Å². The van der Waals surface area contributed by atoms with Crippen LogP contribution in [0.25, 0.3) is 0 Å². The van der Waals surface area contributed by atoms with Crippen molar-refractivity contribution in [2.24, 2.45) is 17.6 Å². The molecule has 1 aliphatic carbocycles. The highest BCUT2D eigenvalue weighted by molar-refractivity contribution is 4.79. The van der Waals surface area contributed by atoms with Crippen LogP contribution >= 0.6 is 0 Å². The lowest BCUT2D eigenvalue weighted by Gasteiger charge is -2.23. The van der Waals surface area contributed by atoms with E-state index in [-0.39, 0.29) is 0 Å². The zero-order valence-corrected chi connectivity index (χ0v) is 9.79. The molecule has 2 N–H and O–H groups in total. The Morgan fingerprint density at radius 2 is 1.80 bits per heavy atom. The van der Waals surface area contributed by atoms with Gasteiger partial charge in [-0.2, -0.15) is 0 Å². The summed E-state index contributed by atoms with van der Waals surface area (Å²) in [6.07, 6.45) is 11.0. The van der Waals surface area contributed by atoms with Crippen LogP contribution < -0.4 is 5.73 Å². The van der Waals surface area contributed by atoms with E-state index < -0.39 is 0 Å². The van der Waals surface area contributed by atoms with Crippen LogP contribution in [0.3, 0.4) is 0 Å². The van der Waals surface area contributed by atoms with Crippen LogP contribution in [0.15, 0.2) is 0 Å². The fourth-order valence-corrected chi connectivity index (χ4v) is 3.07. The van der Waals surface area contributed by atoms with Gasteiger partial charge in [-0.05, 0) is 24.7 Å². The molecule has 2 heteroatoms. The molecule has 0 spiro atoms. The highest BCUT2D eigenvalue weighted by Gasteiger charge is 2.25. The molecule has 1 saturated heterocycles. The topological polar surface area (TPSA) is 35.2 Å². The molecule has 0 amide bonds. The van der Waals surface area contributed by atoms with Crippen molar-refractivity contribution in [2.45, 2.75) is 57.4 Å². The van der Waals surface area contributed by atoms with Crippen molar-refractivity contribution in [2.75, 3.05) is 13.2 Å². The summed E-state index contributed by atoms with van der Waals surface area (Å²) in [7, 11) is 0. The Balaban J connectivity index is 1.73. The molecule has 88 valence electrons. The minimum atomic E-state index is 0.399. The monoisotopic (exact) mass is 211 g/mol. The molecule has 2 atom stereocenters. The summed E-state index contributed by atoms with van der Waals surface area (Å²) < 4.78 is 5.41. The maximum absolute atomic E-state index is 6.28. The molecule has 2 unspecified atom stereocenters. The number of rotatable bonds is 3. The van der Waals surface area contributed by atoms with Crippen LogP contribution in [0.5, 0.6) is 0 Å². The average molecular weight is 211 g/mol. The van der Waals surface area contributed by atoms with Crippen LogP contribution in [-0.2, 0) is 4.74 Å². The molecule has 0 aromatic rings. The molecule has 2 fully saturated rings. The van der Waals surface area contributed by atoms with Crippen molar-refractivity contribution in [3.8, 4) is 0 Å². The molecule has 15 heavy (non-hydrogen) atoms. The summed E-state index contributed by atoms with van der Waals surface area (Å²) in [6, 6.07) is 0.399. The van der Waals surface area contributed by atoms with Crippen LogP contribution in [0.4, 0.5) is 0 Å². The molecular weight excluding hydrogens is 186 g/mol. The van der Waals surface area contributed by atoms with Gasteiger partial charge in [-0.25, -0.2) is 0 Å². The van der Waals surface area contributed by atoms with Crippen molar-refractivity contribution in [3.63, 3.8) is 0 Å². The molecule has 2 nitrogen and oxygen atoms in total. The fraction of sp³-hybridized carbons (Fsp3) is 1.00. The molecule has 0 radical (unpaired) electrons. The third-order valence-corrected chi connectivity index (χ3v) is 4.15. The standard InChI is InChI=1S/C13H25NO/c14-13(12-7-8-15-10-12)9-11-5-3-1-2-4-6-11/h11-13H,1-10,14H2. The van der Waals surface area contributed by atoms with Gasteiger partial charge in [0, 0.05) is 12.6 Å². The number of ether oxygens (including phenoxy) is 1. The van der Waals surface area contributed by atoms with Gasteiger partial charge in [-0.1, -0.05) is 38.5 Å². The number of hydrogen-bond donors (Lipinski definition) is 1. The summed E-state index contributed by atoms with van der Waals surface area (Å²) >= 11 is 0. The van der Waals surface area contributed by atoms with E-state index in [9.17, 15) is 0 Å². The molecule has 0 aromatic heterocycles. The maximum Gasteiger partial charge on any atom is 0.0509 e. The molecule has 1 heterocycles. The smallest absolute Gasteiger partial charge is 0.0509 e. The summed E-state index contributed by atoms with van der Waals surface area (Å²) in [5.74, 6) is 1.55. The zero-order chi connectivity index (χ0) is 10.5. The summed E-state index contributed by atoms with van der Waals surface area (Å²) in [5, 5.41) is 0. The second-order valence-electron chi connectivity index (χ2n) is 5.38. The molecular formula is C13H25NO. The average Bonchev–Trinajstić information content (AvgIpc) is 2.65. The van der Waals surface area contributed by atoms with E-state index in [1.807, 2.05) is 0 Å². The van der Waals surface area contributed by atoms with Gasteiger partial charge in [0.25, 0.3) is 0 Å². The summed E-state index contributed by atoms with van der Waals surface area (Å²) in [6.45, 7) is 1.84. The first kappa shape index (κ1) is 11.4. The van der Waals surface area contributed by atoms with Crippen LogP contribution in [0.1, 0.15) is 51.4 Å².